The highest BCUT2D eigenvalue weighted by molar-refractivity contribution is 5.82. The first-order valence-corrected chi connectivity index (χ1v) is 11.3. The molecule has 3 aliphatic rings. The smallest absolute Gasteiger partial charge is 0.254 e. The molecule has 0 aromatic heterocycles. The molecule has 1 N–H and O–H groups in total. The Morgan fingerprint density at radius 2 is 1.66 bits per heavy atom. The molecule has 1 aromatic carbocycles. The van der Waals surface area contributed by atoms with E-state index >= 15 is 0 Å². The van der Waals surface area contributed by atoms with Crippen LogP contribution in [-0.2, 0) is 16.1 Å². The normalized spacial score (nSPS) is 29.3. The summed E-state index contributed by atoms with van der Waals surface area (Å²) < 4.78 is 6.09. The van der Waals surface area contributed by atoms with E-state index in [2.05, 4.69) is 40.1 Å². The predicted molar refractivity (Wildman–Crippen MR) is 112 cm³/mol. The molecule has 6 nitrogen and oxygen atoms in total. The molecule has 3 atom stereocenters. The van der Waals surface area contributed by atoms with Gasteiger partial charge in [0.15, 0.2) is 6.10 Å². The molecule has 29 heavy (non-hydrogen) atoms. The zero-order chi connectivity index (χ0) is 20.1. The lowest BCUT2D eigenvalue weighted by Gasteiger charge is -2.38. The third-order valence-corrected chi connectivity index (χ3v) is 6.62. The van der Waals surface area contributed by atoms with Gasteiger partial charge >= 0.3 is 0 Å². The third-order valence-electron chi connectivity index (χ3n) is 6.62. The molecule has 160 valence electrons. The van der Waals surface area contributed by atoms with E-state index in [-0.39, 0.29) is 12.0 Å². The Morgan fingerprint density at radius 1 is 0.966 bits per heavy atom. The summed E-state index contributed by atoms with van der Waals surface area (Å²) in [5, 5.41) is 10.3. The molecular weight excluding hydrogens is 366 g/mol. The van der Waals surface area contributed by atoms with Gasteiger partial charge in [-0.3, -0.25) is 9.69 Å². The molecule has 1 amide bonds. The molecule has 3 saturated heterocycles. The maximum atomic E-state index is 12.7. The van der Waals surface area contributed by atoms with Crippen molar-refractivity contribution in [1.82, 2.24) is 14.7 Å². The summed E-state index contributed by atoms with van der Waals surface area (Å²) in [6.45, 7) is 8.00. The number of nitrogens with zero attached hydrogens (tertiary/aromatic N) is 3. The lowest BCUT2D eigenvalue weighted by atomic mass is 9.98. The van der Waals surface area contributed by atoms with Crippen molar-refractivity contribution in [3.05, 3.63) is 35.9 Å². The quantitative estimate of drug-likeness (QED) is 0.787. The van der Waals surface area contributed by atoms with E-state index in [1.54, 1.807) is 0 Å². The number of aliphatic hydroxyl groups is 1. The largest absolute Gasteiger partial charge is 0.390 e. The van der Waals surface area contributed by atoms with Gasteiger partial charge < -0.3 is 19.6 Å². The van der Waals surface area contributed by atoms with Crippen molar-refractivity contribution in [3.63, 3.8) is 0 Å². The first kappa shape index (κ1) is 20.8. The average Bonchev–Trinajstić information content (AvgIpc) is 3.29. The zero-order valence-corrected chi connectivity index (χ0v) is 17.4. The van der Waals surface area contributed by atoms with Gasteiger partial charge in [-0.2, -0.15) is 0 Å². The number of amides is 1. The third kappa shape index (κ3) is 5.57. The number of benzene rings is 1. The van der Waals surface area contributed by atoms with Crippen molar-refractivity contribution in [2.45, 2.75) is 57.0 Å². The molecule has 3 heterocycles. The number of carbonyl (C=O) groups is 1. The van der Waals surface area contributed by atoms with E-state index in [0.717, 1.165) is 78.0 Å². The van der Waals surface area contributed by atoms with Gasteiger partial charge in [-0.05, 0) is 37.7 Å². The van der Waals surface area contributed by atoms with Gasteiger partial charge in [-0.1, -0.05) is 30.3 Å². The Bertz CT molecular complexity index is 642. The highest BCUT2D eigenvalue weighted by Gasteiger charge is 2.38. The first-order valence-electron chi connectivity index (χ1n) is 11.3. The molecule has 4 rings (SSSR count). The van der Waals surface area contributed by atoms with Gasteiger partial charge in [0.2, 0.25) is 0 Å². The van der Waals surface area contributed by atoms with Crippen LogP contribution in [0, 0.1) is 0 Å². The molecule has 0 radical (unpaired) electrons. The number of likely N-dealkylation sites (tertiary alicyclic amines) is 1. The van der Waals surface area contributed by atoms with E-state index in [0.29, 0.717) is 6.42 Å². The summed E-state index contributed by atoms with van der Waals surface area (Å²) in [6.07, 6.45) is 3.35. The zero-order valence-electron chi connectivity index (χ0n) is 17.4. The number of aliphatic hydroxyl groups excluding tert-OH is 1. The van der Waals surface area contributed by atoms with Gasteiger partial charge in [0, 0.05) is 52.4 Å². The summed E-state index contributed by atoms with van der Waals surface area (Å²) in [6, 6.07) is 10.7. The fourth-order valence-electron chi connectivity index (χ4n) is 4.77. The van der Waals surface area contributed by atoms with E-state index < -0.39 is 12.2 Å². The molecule has 3 aliphatic heterocycles. The highest BCUT2D eigenvalue weighted by atomic mass is 16.5. The van der Waals surface area contributed by atoms with Crippen LogP contribution in [0.4, 0.5) is 0 Å². The van der Waals surface area contributed by atoms with Gasteiger partial charge in [0.1, 0.15) is 0 Å². The van der Waals surface area contributed by atoms with Crippen LogP contribution in [-0.4, -0.2) is 89.8 Å². The van der Waals surface area contributed by atoms with E-state index in [1.807, 2.05) is 4.90 Å². The molecule has 0 aliphatic carbocycles. The second-order valence-electron chi connectivity index (χ2n) is 8.75. The first-order chi connectivity index (χ1) is 14.2. The fraction of sp³-hybridized carbons (Fsp3) is 0.696. The van der Waals surface area contributed by atoms with Crippen molar-refractivity contribution >= 4 is 5.91 Å². The van der Waals surface area contributed by atoms with Gasteiger partial charge in [0.05, 0.1) is 12.2 Å². The topological polar surface area (TPSA) is 56.3 Å². The van der Waals surface area contributed by atoms with Crippen LogP contribution in [0.5, 0.6) is 0 Å². The molecular formula is C23H35N3O3. The molecule has 0 bridgehead atoms. The van der Waals surface area contributed by atoms with Crippen LogP contribution < -0.4 is 0 Å². The van der Waals surface area contributed by atoms with Crippen molar-refractivity contribution < 1.29 is 14.6 Å². The summed E-state index contributed by atoms with van der Waals surface area (Å²) in [5.41, 5.74) is 1.38. The van der Waals surface area contributed by atoms with Crippen LogP contribution in [0.1, 0.15) is 37.7 Å². The molecule has 6 heteroatoms. The minimum Gasteiger partial charge on any atom is -0.390 e. The Balaban J connectivity index is 1.19. The summed E-state index contributed by atoms with van der Waals surface area (Å²) in [4.78, 5) is 19.6. The van der Waals surface area contributed by atoms with Crippen LogP contribution in [0.2, 0.25) is 0 Å². The van der Waals surface area contributed by atoms with Gasteiger partial charge in [-0.25, -0.2) is 0 Å². The Hall–Kier alpha value is -1.47. The number of ether oxygens (including phenoxy) is 1. The van der Waals surface area contributed by atoms with Crippen LogP contribution in [0.3, 0.4) is 0 Å². The Labute approximate surface area is 174 Å². The molecule has 3 unspecified atom stereocenters. The SMILES string of the molecule is O=C(C1OC(CCN2CCN(Cc3ccccc3)CC2)CCC1O)N1CCCC1. The lowest BCUT2D eigenvalue weighted by Crippen LogP contribution is -2.51. The van der Waals surface area contributed by atoms with Crippen molar-refractivity contribution in [2.24, 2.45) is 0 Å². The number of rotatable bonds is 6. The molecule has 0 spiro atoms. The second kappa shape index (κ2) is 10.0. The van der Waals surface area contributed by atoms with Crippen LogP contribution in [0.15, 0.2) is 30.3 Å². The average molecular weight is 402 g/mol. The summed E-state index contributed by atoms with van der Waals surface area (Å²) in [7, 11) is 0. The van der Waals surface area contributed by atoms with Gasteiger partial charge in [0.25, 0.3) is 5.91 Å². The minimum atomic E-state index is -0.658. The Kier molecular flexibility index (Phi) is 7.19. The summed E-state index contributed by atoms with van der Waals surface area (Å²) >= 11 is 0. The number of hydrogen-bond acceptors (Lipinski definition) is 5. The van der Waals surface area contributed by atoms with E-state index in [4.69, 9.17) is 4.74 Å². The summed E-state index contributed by atoms with van der Waals surface area (Å²) in [5.74, 6) is -0.00535. The lowest BCUT2D eigenvalue weighted by molar-refractivity contribution is -0.167. The minimum absolute atomic E-state index is 0.00535. The molecule has 1 aromatic rings. The maximum absolute atomic E-state index is 12.7. The van der Waals surface area contributed by atoms with E-state index in [1.165, 1.54) is 5.56 Å². The predicted octanol–water partition coefficient (Wildman–Crippen LogP) is 1.73. The molecule has 0 saturated carbocycles. The maximum Gasteiger partial charge on any atom is 0.254 e. The van der Waals surface area contributed by atoms with Crippen molar-refractivity contribution in [1.29, 1.82) is 0 Å². The number of hydrogen-bond donors (Lipinski definition) is 1. The Morgan fingerprint density at radius 3 is 2.38 bits per heavy atom. The molecule has 3 fully saturated rings. The standard InChI is InChI=1S/C23H35N3O3/c27-21-9-8-20(29-22(21)23(28)26-11-4-5-12-26)10-13-24-14-16-25(17-15-24)18-19-6-2-1-3-7-19/h1-3,6-7,20-22,27H,4-5,8-18H2. The highest BCUT2D eigenvalue weighted by Crippen LogP contribution is 2.25. The van der Waals surface area contributed by atoms with Gasteiger partial charge in [-0.15, -0.1) is 0 Å². The monoisotopic (exact) mass is 401 g/mol. The number of carbonyl (C=O) groups excluding carboxylic acids is 1. The number of piperazine rings is 1. The second-order valence-corrected chi connectivity index (χ2v) is 8.75. The fourth-order valence-corrected chi connectivity index (χ4v) is 4.77. The van der Waals surface area contributed by atoms with E-state index in [9.17, 15) is 9.90 Å². The van der Waals surface area contributed by atoms with Crippen LogP contribution >= 0.6 is 0 Å². The van der Waals surface area contributed by atoms with Crippen molar-refractivity contribution in [3.8, 4) is 0 Å². The van der Waals surface area contributed by atoms with Crippen LogP contribution in [0.25, 0.3) is 0 Å². The van der Waals surface area contributed by atoms with Crippen molar-refractivity contribution in [2.75, 3.05) is 45.8 Å².